The second-order valence-corrected chi connectivity index (χ2v) is 7.27. The van der Waals surface area contributed by atoms with Crippen molar-refractivity contribution in [3.8, 4) is 5.75 Å². The number of ketones is 1. The highest BCUT2D eigenvalue weighted by Gasteiger charge is 2.15. The number of aliphatic hydroxyl groups excluding tert-OH is 1. The average molecular weight is 462 g/mol. The van der Waals surface area contributed by atoms with Gasteiger partial charge in [-0.2, -0.15) is 0 Å². The van der Waals surface area contributed by atoms with E-state index in [1.54, 1.807) is 12.1 Å². The van der Waals surface area contributed by atoms with Gasteiger partial charge in [0.1, 0.15) is 30.1 Å². The van der Waals surface area contributed by atoms with Gasteiger partial charge in [-0.1, -0.05) is 42.5 Å². The molecule has 3 aromatic carbocycles. The zero-order chi connectivity index (χ0) is 22.1. The fourth-order valence-corrected chi connectivity index (χ4v) is 3.11. The highest BCUT2D eigenvalue weighted by Crippen LogP contribution is 2.22. The van der Waals surface area contributed by atoms with Crippen LogP contribution in [-0.4, -0.2) is 30.1 Å². The zero-order valence-electron chi connectivity index (χ0n) is 17.5. The van der Waals surface area contributed by atoms with Crippen LogP contribution in [0.25, 0.3) is 0 Å². The Bertz CT molecular complexity index is 984. The van der Waals surface area contributed by atoms with Crippen molar-refractivity contribution < 1.29 is 23.4 Å². The molecule has 0 amide bonds. The molecule has 0 fully saturated rings. The van der Waals surface area contributed by atoms with Crippen molar-refractivity contribution in [2.24, 2.45) is 0 Å². The molecular formula is C25H26ClF2NO3. The van der Waals surface area contributed by atoms with Crippen LogP contribution in [-0.2, 0) is 13.0 Å². The minimum Gasteiger partial charge on any atom is -0.490 e. The van der Waals surface area contributed by atoms with Crippen molar-refractivity contribution in [3.63, 3.8) is 0 Å². The molecule has 0 radical (unpaired) electrons. The normalized spacial score (nSPS) is 11.5. The molecule has 1 atom stereocenters. The third kappa shape index (κ3) is 8.04. The van der Waals surface area contributed by atoms with E-state index in [4.69, 9.17) is 4.74 Å². The summed E-state index contributed by atoms with van der Waals surface area (Å²) in [5.74, 6) is -0.932. The van der Waals surface area contributed by atoms with Crippen LogP contribution in [0.4, 0.5) is 8.78 Å². The van der Waals surface area contributed by atoms with Crippen LogP contribution in [0.15, 0.2) is 72.8 Å². The van der Waals surface area contributed by atoms with Crippen LogP contribution in [0.5, 0.6) is 5.75 Å². The third-order valence-corrected chi connectivity index (χ3v) is 4.78. The largest absolute Gasteiger partial charge is 0.490 e. The molecule has 0 aliphatic carbocycles. The minimum atomic E-state index is -0.795. The van der Waals surface area contributed by atoms with E-state index in [0.717, 1.165) is 17.2 Å². The lowest BCUT2D eigenvalue weighted by Gasteiger charge is -2.15. The first-order valence-corrected chi connectivity index (χ1v) is 10.1. The summed E-state index contributed by atoms with van der Waals surface area (Å²) in [5, 5.41) is 13.3. The molecule has 0 aliphatic rings. The Morgan fingerprint density at radius 2 is 1.62 bits per heavy atom. The molecule has 0 saturated heterocycles. The monoisotopic (exact) mass is 461 g/mol. The summed E-state index contributed by atoms with van der Waals surface area (Å²) < 4.78 is 32.4. The summed E-state index contributed by atoms with van der Waals surface area (Å²) in [6, 6.07) is 19.4. The van der Waals surface area contributed by atoms with Crippen LogP contribution in [0.1, 0.15) is 27.9 Å². The molecule has 7 heteroatoms. The van der Waals surface area contributed by atoms with Gasteiger partial charge in [-0.15, -0.1) is 12.4 Å². The summed E-state index contributed by atoms with van der Waals surface area (Å²) in [6.45, 7) is 0.886. The SMILES string of the molecule is Cl.O=C(CCc1ccc(F)cc1)c1cc(F)ccc1OCC(O)CNCc1ccccc1. The number of aryl methyl sites for hydroxylation is 1. The Morgan fingerprint density at radius 3 is 2.34 bits per heavy atom. The van der Waals surface area contributed by atoms with Crippen LogP contribution in [0.2, 0.25) is 0 Å². The van der Waals surface area contributed by atoms with Gasteiger partial charge in [-0.05, 0) is 47.9 Å². The van der Waals surface area contributed by atoms with Crippen LogP contribution in [0.3, 0.4) is 0 Å². The number of nitrogens with one attached hydrogen (secondary N) is 1. The van der Waals surface area contributed by atoms with E-state index in [1.165, 1.54) is 24.3 Å². The van der Waals surface area contributed by atoms with E-state index in [0.29, 0.717) is 19.5 Å². The molecule has 3 rings (SSSR count). The number of rotatable bonds is 11. The molecular weight excluding hydrogens is 436 g/mol. The van der Waals surface area contributed by atoms with Crippen molar-refractivity contribution in [3.05, 3.63) is 101 Å². The molecule has 1 unspecified atom stereocenters. The number of hydrogen-bond acceptors (Lipinski definition) is 4. The van der Waals surface area contributed by atoms with E-state index in [2.05, 4.69) is 5.32 Å². The highest BCUT2D eigenvalue weighted by molar-refractivity contribution is 5.98. The lowest BCUT2D eigenvalue weighted by atomic mass is 10.0. The Hall–Kier alpha value is -2.80. The molecule has 0 bridgehead atoms. The first-order valence-electron chi connectivity index (χ1n) is 10.1. The maximum atomic E-state index is 13.7. The summed E-state index contributed by atoms with van der Waals surface area (Å²) in [6.07, 6.45) is -0.260. The average Bonchev–Trinajstić information content (AvgIpc) is 2.78. The molecule has 2 N–H and O–H groups in total. The van der Waals surface area contributed by atoms with Gasteiger partial charge in [0.05, 0.1) is 5.56 Å². The Kier molecular flexibility index (Phi) is 10.3. The van der Waals surface area contributed by atoms with Gasteiger partial charge >= 0.3 is 0 Å². The molecule has 0 aliphatic heterocycles. The van der Waals surface area contributed by atoms with Crippen molar-refractivity contribution in [2.75, 3.05) is 13.2 Å². The second-order valence-electron chi connectivity index (χ2n) is 7.27. The molecule has 4 nitrogen and oxygen atoms in total. The maximum absolute atomic E-state index is 13.7. The number of carbonyl (C=O) groups excluding carboxylic acids is 1. The molecule has 32 heavy (non-hydrogen) atoms. The fourth-order valence-electron chi connectivity index (χ4n) is 3.11. The number of Topliss-reactive ketones (excluding diaryl/α,β-unsaturated/α-hetero) is 1. The quantitative estimate of drug-likeness (QED) is 0.405. The lowest BCUT2D eigenvalue weighted by Crippen LogP contribution is -2.31. The Morgan fingerprint density at radius 1 is 0.938 bits per heavy atom. The summed E-state index contributed by atoms with van der Waals surface area (Å²) >= 11 is 0. The van der Waals surface area contributed by atoms with Crippen molar-refractivity contribution in [2.45, 2.75) is 25.5 Å². The predicted molar refractivity (Wildman–Crippen MR) is 122 cm³/mol. The summed E-state index contributed by atoms with van der Waals surface area (Å²) in [7, 11) is 0. The van der Waals surface area contributed by atoms with Gasteiger partial charge in [0, 0.05) is 19.5 Å². The Labute approximate surface area is 192 Å². The van der Waals surface area contributed by atoms with Gasteiger partial charge < -0.3 is 15.2 Å². The molecule has 0 aromatic heterocycles. The van der Waals surface area contributed by atoms with Crippen LogP contribution in [0, 0.1) is 11.6 Å². The molecule has 0 heterocycles. The number of aliphatic hydroxyl groups is 1. The molecule has 170 valence electrons. The van der Waals surface area contributed by atoms with E-state index < -0.39 is 11.9 Å². The Balaban J connectivity index is 0.00000363. The van der Waals surface area contributed by atoms with E-state index in [-0.39, 0.29) is 48.3 Å². The van der Waals surface area contributed by atoms with Gasteiger partial charge in [0.2, 0.25) is 0 Å². The van der Waals surface area contributed by atoms with Gasteiger partial charge in [0.15, 0.2) is 5.78 Å². The summed E-state index contributed by atoms with van der Waals surface area (Å²) in [5.41, 5.74) is 2.04. The topological polar surface area (TPSA) is 58.6 Å². The van der Waals surface area contributed by atoms with E-state index >= 15 is 0 Å². The number of halogens is 3. The van der Waals surface area contributed by atoms with Gasteiger partial charge in [-0.25, -0.2) is 8.78 Å². The first-order chi connectivity index (χ1) is 15.0. The van der Waals surface area contributed by atoms with E-state index in [1.807, 2.05) is 30.3 Å². The number of hydrogen-bond donors (Lipinski definition) is 2. The highest BCUT2D eigenvalue weighted by atomic mass is 35.5. The molecule has 3 aromatic rings. The van der Waals surface area contributed by atoms with Gasteiger partial charge in [0.25, 0.3) is 0 Å². The fraction of sp³-hybridized carbons (Fsp3) is 0.240. The van der Waals surface area contributed by atoms with E-state index in [9.17, 15) is 18.7 Å². The minimum absolute atomic E-state index is 0. The molecule has 0 saturated carbocycles. The van der Waals surface area contributed by atoms with Crippen molar-refractivity contribution in [1.29, 1.82) is 0 Å². The molecule has 0 spiro atoms. The number of carbonyl (C=O) groups is 1. The first kappa shape index (κ1) is 25.5. The predicted octanol–water partition coefficient (Wildman–Crippen LogP) is 4.73. The standard InChI is InChI=1S/C25H25F2NO3.ClH/c26-20-9-6-18(7-10-20)8-12-24(30)23-14-21(27)11-13-25(23)31-17-22(29)16-28-15-19-4-2-1-3-5-19;/h1-7,9-11,13-14,22,28-29H,8,12,15-17H2;1H. The van der Waals surface area contributed by atoms with Crippen molar-refractivity contribution >= 4 is 18.2 Å². The van der Waals surface area contributed by atoms with Crippen LogP contribution < -0.4 is 10.1 Å². The van der Waals surface area contributed by atoms with Crippen LogP contribution >= 0.6 is 12.4 Å². The second kappa shape index (κ2) is 12.9. The van der Waals surface area contributed by atoms with Crippen molar-refractivity contribution in [1.82, 2.24) is 5.32 Å². The lowest BCUT2D eigenvalue weighted by molar-refractivity contribution is 0.0948. The number of ether oxygens (including phenoxy) is 1. The maximum Gasteiger partial charge on any atom is 0.167 e. The smallest absolute Gasteiger partial charge is 0.167 e. The summed E-state index contributed by atoms with van der Waals surface area (Å²) in [4.78, 5) is 12.6. The van der Waals surface area contributed by atoms with Gasteiger partial charge in [-0.3, -0.25) is 4.79 Å². The number of benzene rings is 3. The third-order valence-electron chi connectivity index (χ3n) is 4.78. The zero-order valence-corrected chi connectivity index (χ0v) is 18.3.